The Morgan fingerprint density at radius 2 is 1.56 bits per heavy atom. The van der Waals surface area contributed by atoms with Gasteiger partial charge >= 0.3 is 29.8 Å². The zero-order valence-corrected chi connectivity index (χ0v) is 24.5. The van der Waals surface area contributed by atoms with E-state index in [1.807, 2.05) is 0 Å². The van der Waals surface area contributed by atoms with Crippen molar-refractivity contribution in [3.8, 4) is 0 Å². The summed E-state index contributed by atoms with van der Waals surface area (Å²) in [4.78, 5) is 58.7. The minimum Gasteiger partial charge on any atom is -0.481 e. The smallest absolute Gasteiger partial charge is 0.331 e. The van der Waals surface area contributed by atoms with Gasteiger partial charge in [-0.3, -0.25) is 19.2 Å². The third-order valence-electron chi connectivity index (χ3n) is 11.6. The SMILES string of the molecule is C[C@]12CC[C@H]3[C@@H](CC[C@]4(O)C[C@H](OC(=O)CCC(=O)O)CC[C@]34COC(=O)CCC(=O)O)[C@]1(O)CC[C@@H]2C1=CC(=O)OC1. The summed E-state index contributed by atoms with van der Waals surface area (Å²) >= 11 is 0. The number of fused-ring (bicyclic) bond motifs is 5. The third-order valence-corrected chi connectivity index (χ3v) is 11.6. The Morgan fingerprint density at radius 1 is 0.884 bits per heavy atom. The molecule has 5 rings (SSSR count). The van der Waals surface area contributed by atoms with Gasteiger partial charge in [0.25, 0.3) is 0 Å². The first kappa shape index (κ1) is 31.4. The molecule has 0 spiro atoms. The molecule has 8 atom stereocenters. The van der Waals surface area contributed by atoms with Crippen LogP contribution >= 0.6 is 0 Å². The van der Waals surface area contributed by atoms with E-state index in [-0.39, 0.29) is 75.5 Å². The molecule has 1 heterocycles. The Kier molecular flexibility index (Phi) is 8.41. The number of hydrogen-bond donors (Lipinski definition) is 4. The fraction of sp³-hybridized carbons (Fsp3) is 0.774. The maximum absolute atomic E-state index is 12.6. The number of hydrogen-bond acceptors (Lipinski definition) is 10. The number of carbonyl (C=O) groups excluding carboxylic acids is 3. The van der Waals surface area contributed by atoms with Gasteiger partial charge in [0.2, 0.25) is 0 Å². The second kappa shape index (κ2) is 11.5. The molecule has 4 fully saturated rings. The number of aliphatic hydroxyl groups is 2. The van der Waals surface area contributed by atoms with Crippen molar-refractivity contribution >= 4 is 29.8 Å². The highest BCUT2D eigenvalue weighted by Gasteiger charge is 2.71. The lowest BCUT2D eigenvalue weighted by molar-refractivity contribution is -0.272. The van der Waals surface area contributed by atoms with Crippen LogP contribution < -0.4 is 0 Å². The van der Waals surface area contributed by atoms with Gasteiger partial charge in [-0.25, -0.2) is 4.79 Å². The van der Waals surface area contributed by atoms with Crippen molar-refractivity contribution in [1.29, 1.82) is 0 Å². The van der Waals surface area contributed by atoms with E-state index in [1.165, 1.54) is 0 Å². The Morgan fingerprint density at radius 3 is 2.21 bits per heavy atom. The number of carboxylic acid groups (broad SMARTS) is 2. The van der Waals surface area contributed by atoms with Gasteiger partial charge in [-0.15, -0.1) is 0 Å². The van der Waals surface area contributed by atoms with Crippen LogP contribution in [0.2, 0.25) is 0 Å². The van der Waals surface area contributed by atoms with Crippen molar-refractivity contribution in [2.45, 2.75) is 108 Å². The first-order valence-corrected chi connectivity index (χ1v) is 15.3. The zero-order valence-electron chi connectivity index (χ0n) is 24.5. The van der Waals surface area contributed by atoms with E-state index in [0.29, 0.717) is 44.9 Å². The van der Waals surface area contributed by atoms with Crippen LogP contribution in [0.3, 0.4) is 0 Å². The average molecular weight is 607 g/mol. The van der Waals surface area contributed by atoms with Gasteiger partial charge in [-0.2, -0.15) is 0 Å². The van der Waals surface area contributed by atoms with Gasteiger partial charge in [0.15, 0.2) is 0 Å². The van der Waals surface area contributed by atoms with Crippen molar-refractivity contribution in [3.63, 3.8) is 0 Å². The Labute approximate surface area is 249 Å². The predicted molar refractivity (Wildman–Crippen MR) is 146 cm³/mol. The number of carboxylic acids is 2. The van der Waals surface area contributed by atoms with Gasteiger partial charge in [0, 0.05) is 23.3 Å². The van der Waals surface area contributed by atoms with Crippen LogP contribution in [0.1, 0.15) is 90.4 Å². The highest BCUT2D eigenvalue weighted by molar-refractivity contribution is 5.85. The average Bonchev–Trinajstić information content (AvgIpc) is 3.49. The van der Waals surface area contributed by atoms with Crippen LogP contribution in [0.15, 0.2) is 11.6 Å². The number of ether oxygens (including phenoxy) is 3. The number of aliphatic carboxylic acids is 2. The molecule has 0 aromatic rings. The van der Waals surface area contributed by atoms with E-state index in [2.05, 4.69) is 6.92 Å². The standard InChI is InChI=1S/C31H42O12/c1-28-10-7-21-22(31(28,40)13-9-20(28)18-14-27(38)41-16-18)8-12-30(39)15-19(43-26(37)5-3-24(34)35)6-11-29(21,30)17-42-25(36)4-2-23(32)33/h14,19-22,39-40H,2-13,15-17H2,1H3,(H,32,33)(H,34,35)/t19-,20-,21+,22-,28-,29+,30+,31-/m1/s1. The molecule has 0 aromatic heterocycles. The Hall–Kier alpha value is -2.99. The van der Waals surface area contributed by atoms with Gasteiger partial charge in [0.1, 0.15) is 12.7 Å². The largest absolute Gasteiger partial charge is 0.481 e. The van der Waals surface area contributed by atoms with Crippen LogP contribution in [0.5, 0.6) is 0 Å². The molecule has 0 saturated heterocycles. The van der Waals surface area contributed by atoms with Gasteiger partial charge in [-0.05, 0) is 74.7 Å². The summed E-state index contributed by atoms with van der Waals surface area (Å²) in [7, 11) is 0. The fourth-order valence-corrected chi connectivity index (χ4v) is 9.51. The van der Waals surface area contributed by atoms with Crippen molar-refractivity contribution in [2.24, 2.45) is 28.6 Å². The lowest BCUT2D eigenvalue weighted by Gasteiger charge is -2.66. The van der Waals surface area contributed by atoms with Crippen LogP contribution in [-0.4, -0.2) is 80.8 Å². The molecule has 0 radical (unpaired) electrons. The molecule has 12 nitrogen and oxygen atoms in total. The molecule has 0 amide bonds. The maximum atomic E-state index is 12.6. The van der Waals surface area contributed by atoms with E-state index < -0.39 is 52.0 Å². The Bertz CT molecular complexity index is 1210. The predicted octanol–water partition coefficient (Wildman–Crippen LogP) is 2.52. The highest BCUT2D eigenvalue weighted by Crippen LogP contribution is 2.70. The summed E-state index contributed by atoms with van der Waals surface area (Å²) in [6.07, 6.45) is 3.66. The van der Waals surface area contributed by atoms with Crippen LogP contribution in [-0.2, 0) is 38.2 Å². The summed E-state index contributed by atoms with van der Waals surface area (Å²) in [5.41, 5.74) is -3.05. The van der Waals surface area contributed by atoms with Crippen molar-refractivity contribution < 1.29 is 58.6 Å². The van der Waals surface area contributed by atoms with Crippen molar-refractivity contribution in [2.75, 3.05) is 13.2 Å². The number of cyclic esters (lactones) is 1. The summed E-state index contributed by atoms with van der Waals surface area (Å²) < 4.78 is 16.5. The zero-order chi connectivity index (χ0) is 31.2. The van der Waals surface area contributed by atoms with E-state index in [0.717, 1.165) is 5.57 Å². The van der Waals surface area contributed by atoms with Crippen molar-refractivity contribution in [1.82, 2.24) is 0 Å². The molecule has 43 heavy (non-hydrogen) atoms. The molecule has 12 heteroatoms. The van der Waals surface area contributed by atoms with Gasteiger partial charge < -0.3 is 34.6 Å². The molecule has 4 aliphatic carbocycles. The summed E-state index contributed by atoms with van der Waals surface area (Å²) in [5, 5.41) is 42.8. The summed E-state index contributed by atoms with van der Waals surface area (Å²) in [6, 6.07) is 0. The molecule has 238 valence electrons. The third kappa shape index (κ3) is 5.45. The highest BCUT2D eigenvalue weighted by atomic mass is 16.5. The lowest BCUT2D eigenvalue weighted by atomic mass is 9.41. The Balaban J connectivity index is 1.41. The number of carbonyl (C=O) groups is 5. The molecular formula is C31H42O12. The summed E-state index contributed by atoms with van der Waals surface area (Å²) in [6.45, 7) is 2.16. The second-order valence-corrected chi connectivity index (χ2v) is 13.5. The molecule has 4 N–H and O–H groups in total. The number of esters is 3. The molecule has 1 aliphatic heterocycles. The quantitative estimate of drug-likeness (QED) is 0.210. The molecule has 5 aliphatic rings. The monoisotopic (exact) mass is 606 g/mol. The topological polar surface area (TPSA) is 194 Å². The first-order valence-electron chi connectivity index (χ1n) is 15.3. The van der Waals surface area contributed by atoms with Crippen LogP contribution in [0, 0.1) is 28.6 Å². The normalized spacial score (nSPS) is 39.9. The molecule has 0 bridgehead atoms. The maximum Gasteiger partial charge on any atom is 0.331 e. The first-order chi connectivity index (χ1) is 20.2. The van der Waals surface area contributed by atoms with Crippen LogP contribution in [0.25, 0.3) is 0 Å². The van der Waals surface area contributed by atoms with E-state index in [4.69, 9.17) is 24.4 Å². The van der Waals surface area contributed by atoms with E-state index in [9.17, 15) is 34.2 Å². The van der Waals surface area contributed by atoms with Gasteiger partial charge in [-0.1, -0.05) is 6.92 Å². The van der Waals surface area contributed by atoms with Crippen LogP contribution in [0.4, 0.5) is 0 Å². The van der Waals surface area contributed by atoms with Crippen molar-refractivity contribution in [3.05, 3.63) is 11.6 Å². The lowest BCUT2D eigenvalue weighted by Crippen LogP contribution is -2.69. The van der Waals surface area contributed by atoms with Gasteiger partial charge in [0.05, 0.1) is 43.5 Å². The van der Waals surface area contributed by atoms with E-state index >= 15 is 0 Å². The summed E-state index contributed by atoms with van der Waals surface area (Å²) in [5.74, 6) is -4.39. The van der Waals surface area contributed by atoms with E-state index in [1.54, 1.807) is 6.08 Å². The minimum absolute atomic E-state index is 0.0172. The molecular weight excluding hydrogens is 564 g/mol. The fourth-order valence-electron chi connectivity index (χ4n) is 9.51. The molecule has 0 unspecified atom stereocenters. The number of rotatable bonds is 10. The molecule has 0 aromatic carbocycles. The minimum atomic E-state index is -1.40. The second-order valence-electron chi connectivity index (χ2n) is 13.5. The molecule has 4 saturated carbocycles.